The molecule has 1 aromatic rings. The fourth-order valence-corrected chi connectivity index (χ4v) is 1.82. The van der Waals surface area contributed by atoms with Crippen molar-refractivity contribution in [3.8, 4) is 5.75 Å². The van der Waals surface area contributed by atoms with E-state index in [-0.39, 0.29) is 36.2 Å². The van der Waals surface area contributed by atoms with Crippen molar-refractivity contribution in [2.45, 2.75) is 20.4 Å². The minimum Gasteiger partial charge on any atom is -0.496 e. The molecule has 0 radical (unpaired) electrons. The molecular formula is C13H21IN4O3. The standard InChI is InChI=1S/C13H20N4O3.HI/c1-4-16(5-2)13(14)15-9-10-8-11(17(18)19)6-7-12(10)20-3;/h6-8H,4-5,9H2,1-3H3,(H2,14,15);1H. The number of methoxy groups -OCH3 is 1. The number of nitrogens with two attached hydrogens (primary N) is 1. The lowest BCUT2D eigenvalue weighted by molar-refractivity contribution is -0.384. The Labute approximate surface area is 141 Å². The summed E-state index contributed by atoms with van der Waals surface area (Å²) in [6.45, 7) is 5.74. The third kappa shape index (κ3) is 5.37. The van der Waals surface area contributed by atoms with Crippen molar-refractivity contribution in [1.29, 1.82) is 0 Å². The molecule has 21 heavy (non-hydrogen) atoms. The predicted octanol–water partition coefficient (Wildman–Crippen LogP) is 2.38. The van der Waals surface area contributed by atoms with Crippen LogP contribution in [0.3, 0.4) is 0 Å². The number of aliphatic imine (C=N–C) groups is 1. The maximum absolute atomic E-state index is 10.8. The number of ether oxygens (including phenoxy) is 1. The third-order valence-corrected chi connectivity index (χ3v) is 2.97. The molecule has 0 atom stereocenters. The molecule has 2 N–H and O–H groups in total. The van der Waals surface area contributed by atoms with E-state index in [0.29, 0.717) is 17.3 Å². The Hall–Kier alpha value is -1.58. The number of guanidine groups is 1. The van der Waals surface area contributed by atoms with Gasteiger partial charge in [0.05, 0.1) is 18.6 Å². The van der Waals surface area contributed by atoms with E-state index in [9.17, 15) is 10.1 Å². The summed E-state index contributed by atoms with van der Waals surface area (Å²) in [6.07, 6.45) is 0. The molecule has 0 aliphatic rings. The molecule has 118 valence electrons. The molecule has 1 rings (SSSR count). The Bertz CT molecular complexity index is 504. The van der Waals surface area contributed by atoms with E-state index in [1.54, 1.807) is 6.07 Å². The molecule has 0 amide bonds. The second kappa shape index (κ2) is 9.37. The third-order valence-electron chi connectivity index (χ3n) is 2.97. The molecule has 0 heterocycles. The van der Waals surface area contributed by atoms with Gasteiger partial charge in [0.2, 0.25) is 0 Å². The van der Waals surface area contributed by atoms with Crippen LogP contribution in [0, 0.1) is 10.1 Å². The van der Waals surface area contributed by atoms with Crippen LogP contribution in [-0.4, -0.2) is 36.0 Å². The number of hydrogen-bond acceptors (Lipinski definition) is 4. The van der Waals surface area contributed by atoms with Crippen LogP contribution in [-0.2, 0) is 6.54 Å². The number of halogens is 1. The van der Waals surface area contributed by atoms with E-state index >= 15 is 0 Å². The lowest BCUT2D eigenvalue weighted by atomic mass is 10.2. The molecule has 0 aliphatic heterocycles. The first-order valence-corrected chi connectivity index (χ1v) is 6.39. The highest BCUT2D eigenvalue weighted by atomic mass is 127. The molecule has 0 spiro atoms. The average Bonchev–Trinajstić information content (AvgIpc) is 2.45. The van der Waals surface area contributed by atoms with Crippen molar-refractivity contribution in [1.82, 2.24) is 4.90 Å². The van der Waals surface area contributed by atoms with Crippen LogP contribution < -0.4 is 10.5 Å². The fraction of sp³-hybridized carbons (Fsp3) is 0.462. The van der Waals surface area contributed by atoms with E-state index in [4.69, 9.17) is 10.5 Å². The van der Waals surface area contributed by atoms with Crippen molar-refractivity contribution < 1.29 is 9.66 Å². The summed E-state index contributed by atoms with van der Waals surface area (Å²) in [5.41, 5.74) is 6.52. The largest absolute Gasteiger partial charge is 0.496 e. The van der Waals surface area contributed by atoms with Gasteiger partial charge in [0.1, 0.15) is 5.75 Å². The number of nitro groups is 1. The number of rotatable bonds is 6. The van der Waals surface area contributed by atoms with E-state index < -0.39 is 4.92 Å². The van der Waals surface area contributed by atoms with Crippen LogP contribution in [0.2, 0.25) is 0 Å². The zero-order chi connectivity index (χ0) is 15.1. The highest BCUT2D eigenvalue weighted by molar-refractivity contribution is 14.0. The van der Waals surface area contributed by atoms with Crippen LogP contribution >= 0.6 is 24.0 Å². The van der Waals surface area contributed by atoms with Crippen LogP contribution in [0.25, 0.3) is 0 Å². The lowest BCUT2D eigenvalue weighted by Crippen LogP contribution is -2.37. The molecular weight excluding hydrogens is 387 g/mol. The summed E-state index contributed by atoms with van der Waals surface area (Å²) in [6, 6.07) is 4.42. The molecule has 0 aliphatic carbocycles. The number of nitrogens with zero attached hydrogens (tertiary/aromatic N) is 3. The van der Waals surface area contributed by atoms with Gasteiger partial charge in [0.15, 0.2) is 5.96 Å². The van der Waals surface area contributed by atoms with Gasteiger partial charge < -0.3 is 15.4 Å². The van der Waals surface area contributed by atoms with Gasteiger partial charge in [-0.2, -0.15) is 0 Å². The van der Waals surface area contributed by atoms with Gasteiger partial charge in [-0.25, -0.2) is 4.99 Å². The van der Waals surface area contributed by atoms with Crippen molar-refractivity contribution in [2.75, 3.05) is 20.2 Å². The van der Waals surface area contributed by atoms with E-state index in [1.165, 1.54) is 19.2 Å². The highest BCUT2D eigenvalue weighted by Crippen LogP contribution is 2.24. The normalized spacial score (nSPS) is 10.7. The zero-order valence-electron chi connectivity index (χ0n) is 12.4. The summed E-state index contributed by atoms with van der Waals surface area (Å²) < 4.78 is 5.18. The summed E-state index contributed by atoms with van der Waals surface area (Å²) in [7, 11) is 1.52. The molecule has 0 aromatic heterocycles. The molecule has 1 aromatic carbocycles. The number of nitro benzene ring substituents is 1. The van der Waals surface area contributed by atoms with E-state index in [2.05, 4.69) is 4.99 Å². The Kier molecular flexibility index (Phi) is 8.67. The summed E-state index contributed by atoms with van der Waals surface area (Å²) in [5.74, 6) is 0.982. The predicted molar refractivity (Wildman–Crippen MR) is 93.3 cm³/mol. The monoisotopic (exact) mass is 408 g/mol. The van der Waals surface area contributed by atoms with Crippen LogP contribution in [0.1, 0.15) is 19.4 Å². The quantitative estimate of drug-likeness (QED) is 0.257. The summed E-state index contributed by atoms with van der Waals surface area (Å²) in [5, 5.41) is 10.8. The van der Waals surface area contributed by atoms with Gasteiger partial charge in [-0.15, -0.1) is 24.0 Å². The van der Waals surface area contributed by atoms with Crippen LogP contribution in [0.15, 0.2) is 23.2 Å². The minimum absolute atomic E-state index is 0. The number of benzene rings is 1. The minimum atomic E-state index is -0.444. The molecule has 0 saturated carbocycles. The molecule has 8 heteroatoms. The average molecular weight is 408 g/mol. The van der Waals surface area contributed by atoms with Gasteiger partial charge in [0.25, 0.3) is 5.69 Å². The van der Waals surface area contributed by atoms with Gasteiger partial charge >= 0.3 is 0 Å². The molecule has 7 nitrogen and oxygen atoms in total. The van der Waals surface area contributed by atoms with Crippen molar-refractivity contribution >= 4 is 35.6 Å². The maximum Gasteiger partial charge on any atom is 0.270 e. The first-order chi connectivity index (χ1) is 9.53. The molecule has 0 bridgehead atoms. The van der Waals surface area contributed by atoms with Crippen molar-refractivity contribution in [3.63, 3.8) is 0 Å². The van der Waals surface area contributed by atoms with Gasteiger partial charge in [0, 0.05) is 30.8 Å². The SMILES string of the molecule is CCN(CC)C(N)=NCc1cc([N+](=O)[O-])ccc1OC.I. The number of non-ortho nitro benzene ring substituents is 1. The van der Waals surface area contributed by atoms with Gasteiger partial charge in [-0.05, 0) is 19.9 Å². The van der Waals surface area contributed by atoms with Gasteiger partial charge in [-0.1, -0.05) is 0 Å². The van der Waals surface area contributed by atoms with Crippen molar-refractivity contribution in [3.05, 3.63) is 33.9 Å². The van der Waals surface area contributed by atoms with E-state index in [1.807, 2.05) is 18.7 Å². The molecule has 0 unspecified atom stereocenters. The molecule has 0 fully saturated rings. The topological polar surface area (TPSA) is 94.0 Å². The van der Waals surface area contributed by atoms with Crippen LogP contribution in [0.4, 0.5) is 5.69 Å². The Morgan fingerprint density at radius 3 is 2.52 bits per heavy atom. The zero-order valence-corrected chi connectivity index (χ0v) is 14.7. The first-order valence-electron chi connectivity index (χ1n) is 6.39. The van der Waals surface area contributed by atoms with Gasteiger partial charge in [-0.3, -0.25) is 10.1 Å². The number of hydrogen-bond donors (Lipinski definition) is 1. The first kappa shape index (κ1) is 19.4. The summed E-state index contributed by atoms with van der Waals surface area (Å²) >= 11 is 0. The van der Waals surface area contributed by atoms with Crippen LogP contribution in [0.5, 0.6) is 5.75 Å². The van der Waals surface area contributed by atoms with E-state index in [0.717, 1.165) is 13.1 Å². The Balaban J connectivity index is 0.00000400. The highest BCUT2D eigenvalue weighted by Gasteiger charge is 2.11. The smallest absolute Gasteiger partial charge is 0.270 e. The molecule has 0 saturated heterocycles. The fourth-order valence-electron chi connectivity index (χ4n) is 1.82. The van der Waals surface area contributed by atoms with Crippen molar-refractivity contribution in [2.24, 2.45) is 10.7 Å². The second-order valence-corrected chi connectivity index (χ2v) is 4.10. The second-order valence-electron chi connectivity index (χ2n) is 4.10. The Morgan fingerprint density at radius 1 is 1.43 bits per heavy atom. The maximum atomic E-state index is 10.8. The lowest BCUT2D eigenvalue weighted by Gasteiger charge is -2.19. The summed E-state index contributed by atoms with van der Waals surface area (Å²) in [4.78, 5) is 16.5. The Morgan fingerprint density at radius 2 is 2.05 bits per heavy atom.